The van der Waals surface area contributed by atoms with Gasteiger partial charge in [0.25, 0.3) is 5.91 Å². The van der Waals surface area contributed by atoms with Crippen LogP contribution in [0.5, 0.6) is 17.2 Å². The Morgan fingerprint density at radius 3 is 1.36 bits per heavy atom. The predicted molar refractivity (Wildman–Crippen MR) is 468 cm³/mol. The van der Waals surface area contributed by atoms with Gasteiger partial charge in [-0.15, -0.1) is 0 Å². The molecule has 2 N–H and O–H groups in total. The lowest BCUT2D eigenvalue weighted by Crippen LogP contribution is -2.36. The molecule has 1 amide bonds. The molecule has 0 bridgehead atoms. The van der Waals surface area contributed by atoms with Crippen LogP contribution in [0.2, 0.25) is 0 Å². The summed E-state index contributed by atoms with van der Waals surface area (Å²) in [7, 11) is 4.84. The zero-order valence-electron chi connectivity index (χ0n) is 70.8. The first-order valence-electron chi connectivity index (χ1n) is 40.3. The normalized spacial score (nSPS) is 11.6. The average molecular weight is 1600 g/mol. The molecule has 6 aromatic heterocycles. The minimum Gasteiger partial charge on any atom is -0.493 e. The number of benzene rings is 7. The van der Waals surface area contributed by atoms with Crippen LogP contribution in [-0.2, 0) is 16.1 Å². The topological polar surface area (TPSA) is 177 Å². The van der Waals surface area contributed by atoms with Crippen LogP contribution in [-0.4, -0.2) is 88.2 Å². The maximum Gasteiger partial charge on any atom is 0.394 e. The molecule has 15 nitrogen and oxygen atoms in total. The molecule has 0 saturated heterocycles. The number of carbonyl (C=O) groups excluding carboxylic acids is 1. The maximum atomic E-state index is 13.7. The van der Waals surface area contributed by atoms with E-state index < -0.39 is 17.8 Å². The number of amides is 1. The van der Waals surface area contributed by atoms with Crippen molar-refractivity contribution in [2.75, 3.05) is 41.1 Å². The van der Waals surface area contributed by atoms with Gasteiger partial charge in [0.05, 0.1) is 59.4 Å². The Morgan fingerprint density at radius 2 is 0.907 bits per heavy atom. The van der Waals surface area contributed by atoms with Gasteiger partial charge < -0.3 is 29.0 Å². The number of aromatic nitrogens is 7. The van der Waals surface area contributed by atoms with E-state index in [-0.39, 0.29) is 17.2 Å². The summed E-state index contributed by atoms with van der Waals surface area (Å²) in [6.45, 7) is 28.8. The summed E-state index contributed by atoms with van der Waals surface area (Å²) in [6.07, 6.45) is 11.9. The van der Waals surface area contributed by atoms with Gasteiger partial charge in [0, 0.05) is 104 Å². The molecule has 0 radical (unpaired) electrons. The van der Waals surface area contributed by atoms with Crippen molar-refractivity contribution in [2.45, 2.75) is 151 Å². The molecule has 0 aliphatic heterocycles. The molecule has 614 valence electrons. The molecule has 118 heavy (non-hydrogen) atoms. The van der Waals surface area contributed by atoms with Gasteiger partial charge in [0.15, 0.2) is 0 Å². The van der Waals surface area contributed by atoms with Crippen molar-refractivity contribution in [3.63, 3.8) is 0 Å². The number of halogens is 3. The highest BCUT2D eigenvalue weighted by atomic mass is 19.3. The van der Waals surface area contributed by atoms with Gasteiger partial charge in [-0.1, -0.05) is 217 Å². The zero-order valence-corrected chi connectivity index (χ0v) is 70.8. The number of nitrogens with one attached hydrogen (secondary N) is 1. The quantitative estimate of drug-likeness (QED) is 0.0332. The Balaban J connectivity index is 0.000000162. The van der Waals surface area contributed by atoms with Crippen LogP contribution in [0.4, 0.5) is 13.2 Å². The zero-order chi connectivity index (χ0) is 84.8. The van der Waals surface area contributed by atoms with E-state index >= 15 is 0 Å². The highest BCUT2D eigenvalue weighted by Crippen LogP contribution is 2.37. The SMILES string of the molecule is CC(C)c1ncccc1-c1ccc(OC(C)(F)F)cc1.CC(C)c1ncccc1-c1ccc(OCC2CC2)cc1.CC(C)c1ncncc1-c1cccc2ccccc12.CNC(=O)c1cc(-c2ccc[n+](O)c2C(C)C)ccc1F.COCCOc1ccc(-c2cccnc2C(C)C)cc1.COCc1ccc(-c2cccnc2C(C)C)cc1. The first-order chi connectivity index (χ1) is 56.8. The highest BCUT2D eigenvalue weighted by Gasteiger charge is 2.26. The van der Waals surface area contributed by atoms with E-state index in [1.807, 2.05) is 87.2 Å². The molecule has 13 aromatic rings. The summed E-state index contributed by atoms with van der Waals surface area (Å²) in [5, 5.41) is 14.9. The van der Waals surface area contributed by atoms with E-state index in [1.54, 1.807) is 69.3 Å². The first-order valence-corrected chi connectivity index (χ1v) is 40.3. The van der Waals surface area contributed by atoms with Gasteiger partial charge in [-0.25, -0.2) is 14.4 Å². The lowest BCUT2D eigenvalue weighted by molar-refractivity contribution is -0.909. The van der Waals surface area contributed by atoms with Gasteiger partial charge in [-0.2, -0.15) is 8.78 Å². The fraction of sp³-hybridized carbons (Fsp3) is 0.300. The maximum absolute atomic E-state index is 13.7. The van der Waals surface area contributed by atoms with Crippen molar-refractivity contribution in [2.24, 2.45) is 5.92 Å². The van der Waals surface area contributed by atoms with E-state index in [4.69, 9.17) is 18.9 Å². The molecule has 6 heterocycles. The summed E-state index contributed by atoms with van der Waals surface area (Å²) < 4.78 is 66.3. The van der Waals surface area contributed by atoms with E-state index in [9.17, 15) is 23.2 Å². The summed E-state index contributed by atoms with van der Waals surface area (Å²) >= 11 is 0. The van der Waals surface area contributed by atoms with Gasteiger partial charge in [0.1, 0.15) is 36.0 Å². The predicted octanol–water partition coefficient (Wildman–Crippen LogP) is 24.4. The van der Waals surface area contributed by atoms with E-state index in [1.165, 1.54) is 87.3 Å². The van der Waals surface area contributed by atoms with E-state index in [0.717, 1.165) is 86.4 Å². The minimum atomic E-state index is -3.17. The van der Waals surface area contributed by atoms with Crippen LogP contribution in [0.1, 0.15) is 188 Å². The second kappa shape index (κ2) is 44.4. The number of nitrogens with zero attached hydrogens (tertiary/aromatic N) is 7. The van der Waals surface area contributed by atoms with Crippen LogP contribution >= 0.6 is 0 Å². The third-order valence-corrected chi connectivity index (χ3v) is 19.3. The minimum absolute atomic E-state index is 0.0157. The number of alkyl halides is 2. The number of rotatable bonds is 24. The van der Waals surface area contributed by atoms with Crippen LogP contribution in [0, 0.1) is 11.7 Å². The third-order valence-electron chi connectivity index (χ3n) is 19.3. The molecule has 1 saturated carbocycles. The molecule has 0 unspecified atom stereocenters. The summed E-state index contributed by atoms with van der Waals surface area (Å²) in [6, 6.07) is 70.5. The number of hydrogen-bond acceptors (Lipinski definition) is 13. The summed E-state index contributed by atoms with van der Waals surface area (Å²) in [5.74, 6) is 3.73. The molecule has 7 aromatic carbocycles. The smallest absolute Gasteiger partial charge is 0.394 e. The molecular weight excluding hydrogens is 1480 g/mol. The lowest BCUT2D eigenvalue weighted by atomic mass is 9.95. The van der Waals surface area contributed by atoms with E-state index in [2.05, 4.69) is 231 Å². The monoisotopic (exact) mass is 1590 g/mol. The van der Waals surface area contributed by atoms with Gasteiger partial charge >= 0.3 is 6.11 Å². The summed E-state index contributed by atoms with van der Waals surface area (Å²) in [4.78, 5) is 38.2. The Kier molecular flexibility index (Phi) is 33.8. The molecule has 0 atom stereocenters. The molecule has 14 rings (SSSR count). The van der Waals surface area contributed by atoms with Crippen molar-refractivity contribution >= 4 is 16.7 Å². The number of fused-ring (bicyclic) bond motifs is 1. The van der Waals surface area contributed by atoms with Crippen LogP contribution in [0.15, 0.2) is 262 Å². The largest absolute Gasteiger partial charge is 0.493 e. The van der Waals surface area contributed by atoms with Gasteiger partial charge in [-0.3, -0.25) is 29.9 Å². The van der Waals surface area contributed by atoms with E-state index in [0.29, 0.717) is 60.7 Å². The standard InChI is InChI=1S/C18H21NO.C17H16N2.C17H21NO2.C16H17F2NO.C16H17FN2O2.C16H19NO/c1-13(2)18-17(4-3-11-19-18)15-7-9-16(10-8-15)20-12-14-5-6-14;1-12(2)17-16(10-18-11-19-17)15-9-5-7-13-6-3-4-8-14(13)15;1-13(2)17-16(5-4-10-18-17)14-6-8-15(9-7-14)20-12-11-19-3;1-11(2)15-14(5-4-10-19-15)12-6-8-13(9-7-12)20-16(3,17)18;1-10(2)15-12(5-4-8-19(15)21)11-6-7-14(17)13(9-11)16(20)18-3;1-12(2)16-15(5-4-10-17-16)14-8-6-13(7-9-14)11-18-3/h3-4,7-11,13-14H,5-6,12H2,1-2H3;3-12H,1-2H3;4-10,13H,11-12H2,1-3H3;4-11H,1-3H3;4-10H,1-3H3,(H-,18,20,21);4-10,12H,11H2,1-3H3/p+1. The highest BCUT2D eigenvalue weighted by molar-refractivity contribution is 5.97. The molecule has 1 fully saturated rings. The number of pyridine rings is 5. The van der Waals surface area contributed by atoms with Crippen molar-refractivity contribution in [1.29, 1.82) is 0 Å². The number of ether oxygens (including phenoxy) is 5. The Labute approximate surface area is 694 Å². The number of methoxy groups -OCH3 is 2. The third kappa shape index (κ3) is 26.0. The average Bonchev–Trinajstić information content (AvgIpc) is 0.950. The van der Waals surface area contributed by atoms with Gasteiger partial charge in [0.2, 0.25) is 11.9 Å². The molecule has 0 spiro atoms. The van der Waals surface area contributed by atoms with Crippen molar-refractivity contribution in [1.82, 2.24) is 35.2 Å². The fourth-order valence-corrected chi connectivity index (χ4v) is 13.3. The number of carbonyl (C=O) groups is 1. The second-order valence-corrected chi connectivity index (χ2v) is 30.7. The molecular formula is C100H112F3N8O7+. The summed E-state index contributed by atoms with van der Waals surface area (Å²) in [5.41, 5.74) is 20.3. The van der Waals surface area contributed by atoms with Crippen LogP contribution in [0.25, 0.3) is 77.5 Å². The second-order valence-electron chi connectivity index (χ2n) is 30.7. The molecule has 1 aliphatic rings. The van der Waals surface area contributed by atoms with Crippen LogP contribution < -0.4 is 24.3 Å². The molecule has 18 heteroatoms. The van der Waals surface area contributed by atoms with Crippen molar-refractivity contribution in [3.8, 4) is 84.0 Å². The van der Waals surface area contributed by atoms with Crippen molar-refractivity contribution in [3.05, 3.63) is 313 Å². The Hall–Kier alpha value is -12.0. The first kappa shape index (κ1) is 89.9. The fourth-order valence-electron chi connectivity index (χ4n) is 13.3. The number of hydrogen-bond donors (Lipinski definition) is 2. The molecule has 1 aliphatic carbocycles. The Morgan fingerprint density at radius 1 is 0.475 bits per heavy atom. The van der Waals surface area contributed by atoms with Gasteiger partial charge in [-0.05, 0) is 177 Å². The lowest BCUT2D eigenvalue weighted by Gasteiger charge is -2.14. The van der Waals surface area contributed by atoms with Crippen molar-refractivity contribution < 1.29 is 51.6 Å². The Bertz CT molecular complexity index is 5280. The van der Waals surface area contributed by atoms with Crippen LogP contribution in [0.3, 0.4) is 0 Å².